The molecular weight excluding hydrogens is 356 g/mol. The van der Waals surface area contributed by atoms with Crippen LogP contribution in [0.3, 0.4) is 0 Å². The standard InChI is InChI=1S/C21H22N4O3/c1-27-16-7-4-6-15(12-16)13-17-14-22-20(28-17)19-9-2-3-11-25(19)21(26)18-8-5-10-23-24-18/h4-8,10,12,14,19H,2-3,9,11,13H2,1H3/t19-/m1/s1. The van der Waals surface area contributed by atoms with Gasteiger partial charge in [-0.05, 0) is 49.1 Å². The Morgan fingerprint density at radius 1 is 1.29 bits per heavy atom. The number of oxazole rings is 1. The number of nitrogens with zero attached hydrogens (tertiary/aromatic N) is 4. The van der Waals surface area contributed by atoms with Crippen molar-refractivity contribution >= 4 is 5.91 Å². The lowest BCUT2D eigenvalue weighted by molar-refractivity contribution is 0.0562. The van der Waals surface area contributed by atoms with Crippen LogP contribution in [0.25, 0.3) is 0 Å². The fourth-order valence-electron chi connectivity index (χ4n) is 3.54. The molecule has 1 atom stereocenters. The predicted molar refractivity (Wildman–Crippen MR) is 102 cm³/mol. The van der Waals surface area contributed by atoms with E-state index >= 15 is 0 Å². The molecule has 28 heavy (non-hydrogen) atoms. The Morgan fingerprint density at radius 2 is 2.21 bits per heavy atom. The van der Waals surface area contributed by atoms with Crippen molar-refractivity contribution in [3.63, 3.8) is 0 Å². The molecule has 1 aliphatic heterocycles. The number of ether oxygens (including phenoxy) is 1. The van der Waals surface area contributed by atoms with Gasteiger partial charge in [0.25, 0.3) is 5.91 Å². The molecule has 0 saturated carbocycles. The van der Waals surface area contributed by atoms with Gasteiger partial charge in [-0.25, -0.2) is 4.98 Å². The summed E-state index contributed by atoms with van der Waals surface area (Å²) in [5, 5.41) is 7.77. The van der Waals surface area contributed by atoms with E-state index in [0.29, 0.717) is 24.6 Å². The second kappa shape index (κ2) is 8.21. The van der Waals surface area contributed by atoms with E-state index in [1.54, 1.807) is 36.5 Å². The molecule has 3 aromatic rings. The molecule has 1 amide bonds. The van der Waals surface area contributed by atoms with Crippen LogP contribution in [0.5, 0.6) is 5.75 Å². The lowest BCUT2D eigenvalue weighted by Crippen LogP contribution is -2.39. The van der Waals surface area contributed by atoms with Gasteiger partial charge in [0.2, 0.25) is 5.89 Å². The van der Waals surface area contributed by atoms with Crippen molar-refractivity contribution in [1.29, 1.82) is 0 Å². The van der Waals surface area contributed by atoms with Gasteiger partial charge in [-0.2, -0.15) is 5.10 Å². The van der Waals surface area contributed by atoms with Gasteiger partial charge >= 0.3 is 0 Å². The first-order valence-corrected chi connectivity index (χ1v) is 9.41. The normalized spacial score (nSPS) is 16.8. The van der Waals surface area contributed by atoms with Gasteiger partial charge < -0.3 is 14.1 Å². The van der Waals surface area contributed by atoms with Crippen molar-refractivity contribution in [2.45, 2.75) is 31.7 Å². The first-order valence-electron chi connectivity index (χ1n) is 9.41. The third-order valence-electron chi connectivity index (χ3n) is 4.92. The van der Waals surface area contributed by atoms with Crippen LogP contribution in [0.2, 0.25) is 0 Å². The van der Waals surface area contributed by atoms with Crippen LogP contribution < -0.4 is 4.74 Å². The summed E-state index contributed by atoms with van der Waals surface area (Å²) in [5.41, 5.74) is 1.43. The topological polar surface area (TPSA) is 81.4 Å². The van der Waals surface area contributed by atoms with Gasteiger partial charge in [-0.3, -0.25) is 4.79 Å². The number of carbonyl (C=O) groups excluding carboxylic acids is 1. The fraction of sp³-hybridized carbons (Fsp3) is 0.333. The fourth-order valence-corrected chi connectivity index (χ4v) is 3.54. The largest absolute Gasteiger partial charge is 0.497 e. The number of hydrogen-bond donors (Lipinski definition) is 0. The molecule has 0 spiro atoms. The van der Waals surface area contributed by atoms with Gasteiger partial charge in [0.05, 0.1) is 13.3 Å². The lowest BCUT2D eigenvalue weighted by atomic mass is 10.0. The van der Waals surface area contributed by atoms with Crippen LogP contribution >= 0.6 is 0 Å². The summed E-state index contributed by atoms with van der Waals surface area (Å²) in [4.78, 5) is 19.2. The Hall–Kier alpha value is -3.22. The lowest BCUT2D eigenvalue weighted by Gasteiger charge is -2.33. The van der Waals surface area contributed by atoms with E-state index in [2.05, 4.69) is 15.2 Å². The Labute approximate surface area is 163 Å². The molecule has 7 heteroatoms. The Bertz CT molecular complexity index is 942. The van der Waals surface area contributed by atoms with Gasteiger partial charge in [0.15, 0.2) is 5.69 Å². The Kier molecular flexibility index (Phi) is 5.32. The van der Waals surface area contributed by atoms with Crippen molar-refractivity contribution in [2.75, 3.05) is 13.7 Å². The van der Waals surface area contributed by atoms with Crippen LogP contribution in [0.1, 0.15) is 53.0 Å². The number of piperidine rings is 1. The number of methoxy groups -OCH3 is 1. The zero-order valence-corrected chi connectivity index (χ0v) is 15.7. The minimum atomic E-state index is -0.178. The van der Waals surface area contributed by atoms with Crippen molar-refractivity contribution in [1.82, 2.24) is 20.1 Å². The molecule has 1 saturated heterocycles. The van der Waals surface area contributed by atoms with Crippen molar-refractivity contribution in [2.24, 2.45) is 0 Å². The molecule has 4 rings (SSSR count). The third kappa shape index (κ3) is 3.88. The number of amides is 1. The van der Waals surface area contributed by atoms with Crippen LogP contribution in [0.4, 0.5) is 0 Å². The van der Waals surface area contributed by atoms with E-state index in [1.165, 1.54) is 0 Å². The van der Waals surface area contributed by atoms with Crippen molar-refractivity contribution in [3.8, 4) is 5.75 Å². The highest BCUT2D eigenvalue weighted by Crippen LogP contribution is 2.32. The molecule has 1 aromatic carbocycles. The monoisotopic (exact) mass is 378 g/mol. The summed E-state index contributed by atoms with van der Waals surface area (Å²) in [6.07, 6.45) is 6.74. The number of hydrogen-bond acceptors (Lipinski definition) is 6. The number of rotatable bonds is 5. The first-order chi connectivity index (χ1) is 13.7. The number of carbonyl (C=O) groups is 1. The number of benzene rings is 1. The summed E-state index contributed by atoms with van der Waals surface area (Å²) in [7, 11) is 1.65. The molecule has 144 valence electrons. The maximum absolute atomic E-state index is 12.9. The quantitative estimate of drug-likeness (QED) is 0.677. The summed E-state index contributed by atoms with van der Waals surface area (Å²) < 4.78 is 11.3. The zero-order chi connectivity index (χ0) is 19.3. The summed E-state index contributed by atoms with van der Waals surface area (Å²) in [6, 6.07) is 11.1. The highest BCUT2D eigenvalue weighted by Gasteiger charge is 2.32. The molecule has 0 N–H and O–H groups in total. The van der Waals surface area contributed by atoms with Crippen molar-refractivity contribution in [3.05, 3.63) is 71.7 Å². The summed E-state index contributed by atoms with van der Waals surface area (Å²) >= 11 is 0. The van der Waals surface area contributed by atoms with E-state index in [-0.39, 0.29) is 11.9 Å². The third-order valence-corrected chi connectivity index (χ3v) is 4.92. The SMILES string of the molecule is COc1cccc(Cc2cnc([C@H]3CCCCN3C(=O)c3cccnn3)o2)c1. The number of aromatic nitrogens is 3. The summed E-state index contributed by atoms with van der Waals surface area (Å²) in [5.74, 6) is 2.02. The van der Waals surface area contributed by atoms with E-state index in [9.17, 15) is 4.79 Å². The van der Waals surface area contributed by atoms with Crippen LogP contribution in [0.15, 0.2) is 53.2 Å². The van der Waals surface area contributed by atoms with E-state index in [0.717, 1.165) is 36.3 Å². The minimum absolute atomic E-state index is 0.134. The highest BCUT2D eigenvalue weighted by molar-refractivity contribution is 5.92. The number of likely N-dealkylation sites (tertiary alicyclic amines) is 1. The molecule has 0 unspecified atom stereocenters. The molecule has 0 radical (unpaired) electrons. The van der Waals surface area contributed by atoms with Crippen LogP contribution in [-0.4, -0.2) is 39.6 Å². The second-order valence-electron chi connectivity index (χ2n) is 6.81. The Balaban J connectivity index is 1.53. The average Bonchev–Trinajstić information content (AvgIpc) is 3.22. The smallest absolute Gasteiger partial charge is 0.275 e. The molecular formula is C21H22N4O3. The zero-order valence-electron chi connectivity index (χ0n) is 15.7. The van der Waals surface area contributed by atoms with Crippen LogP contribution in [-0.2, 0) is 6.42 Å². The van der Waals surface area contributed by atoms with Gasteiger partial charge in [0.1, 0.15) is 17.6 Å². The van der Waals surface area contributed by atoms with E-state index in [4.69, 9.17) is 9.15 Å². The van der Waals surface area contributed by atoms with E-state index < -0.39 is 0 Å². The Morgan fingerprint density at radius 3 is 3.04 bits per heavy atom. The maximum atomic E-state index is 12.9. The molecule has 2 aromatic heterocycles. The van der Waals surface area contributed by atoms with Crippen molar-refractivity contribution < 1.29 is 13.9 Å². The van der Waals surface area contributed by atoms with Gasteiger partial charge in [-0.1, -0.05) is 12.1 Å². The molecule has 0 aliphatic carbocycles. The predicted octanol–water partition coefficient (Wildman–Crippen LogP) is 3.43. The summed E-state index contributed by atoms with van der Waals surface area (Å²) in [6.45, 7) is 0.660. The van der Waals surface area contributed by atoms with Gasteiger partial charge in [-0.15, -0.1) is 5.10 Å². The molecule has 7 nitrogen and oxygen atoms in total. The molecule has 0 bridgehead atoms. The van der Waals surface area contributed by atoms with E-state index in [1.807, 2.05) is 24.3 Å². The van der Waals surface area contributed by atoms with Gasteiger partial charge in [0, 0.05) is 19.2 Å². The van der Waals surface area contributed by atoms with Crippen LogP contribution in [0, 0.1) is 0 Å². The molecule has 1 aliphatic rings. The average molecular weight is 378 g/mol. The highest BCUT2D eigenvalue weighted by atomic mass is 16.5. The maximum Gasteiger partial charge on any atom is 0.275 e. The minimum Gasteiger partial charge on any atom is -0.497 e. The molecule has 1 fully saturated rings. The second-order valence-corrected chi connectivity index (χ2v) is 6.81. The first kappa shape index (κ1) is 18.2. The molecule has 3 heterocycles.